The standard InChI is InChI=1S/C15H25N5O5S/c1-26(22,23)20-6-3-12(4-7-20)14-17-13(25-18-14)2-5-16-15(21)19-8-10-24-11-9-19/h12H,2-11H2,1H3,(H,16,21). The van der Waals surface area contributed by atoms with Crippen molar-refractivity contribution in [1.29, 1.82) is 0 Å². The molecule has 3 heterocycles. The molecule has 11 heteroatoms. The quantitative estimate of drug-likeness (QED) is 0.743. The molecule has 146 valence electrons. The molecule has 2 aliphatic rings. The third kappa shape index (κ3) is 4.92. The first-order valence-corrected chi connectivity index (χ1v) is 10.7. The molecular weight excluding hydrogens is 362 g/mol. The van der Waals surface area contributed by atoms with E-state index in [1.54, 1.807) is 4.90 Å². The van der Waals surface area contributed by atoms with E-state index in [0.29, 0.717) is 76.9 Å². The fraction of sp³-hybridized carbons (Fsp3) is 0.800. The van der Waals surface area contributed by atoms with Crippen molar-refractivity contribution in [3.63, 3.8) is 0 Å². The Kier molecular flexibility index (Phi) is 6.09. The zero-order valence-corrected chi connectivity index (χ0v) is 15.7. The van der Waals surface area contributed by atoms with Crippen molar-refractivity contribution < 1.29 is 22.5 Å². The van der Waals surface area contributed by atoms with Crippen LogP contribution in [0.15, 0.2) is 4.52 Å². The predicted molar refractivity (Wildman–Crippen MR) is 92.2 cm³/mol. The lowest BCUT2D eigenvalue weighted by Crippen LogP contribution is -2.46. The van der Waals surface area contributed by atoms with E-state index in [2.05, 4.69) is 15.5 Å². The van der Waals surface area contributed by atoms with Gasteiger partial charge in [-0.1, -0.05) is 5.16 Å². The molecule has 26 heavy (non-hydrogen) atoms. The molecule has 0 bridgehead atoms. The minimum absolute atomic E-state index is 0.105. The van der Waals surface area contributed by atoms with Gasteiger partial charge in [0.1, 0.15) is 0 Å². The SMILES string of the molecule is CS(=O)(=O)N1CCC(c2noc(CCNC(=O)N3CCOCC3)n2)CC1. The van der Waals surface area contributed by atoms with Crippen molar-refractivity contribution in [2.24, 2.45) is 0 Å². The molecule has 2 fully saturated rings. The summed E-state index contributed by atoms with van der Waals surface area (Å²) in [6.07, 6.45) is 3.05. The Morgan fingerprint density at radius 1 is 1.23 bits per heavy atom. The maximum atomic E-state index is 12.0. The lowest BCUT2D eigenvalue weighted by atomic mass is 9.97. The second-order valence-corrected chi connectivity index (χ2v) is 8.55. The second-order valence-electron chi connectivity index (χ2n) is 6.56. The van der Waals surface area contributed by atoms with Gasteiger partial charge in [0.2, 0.25) is 15.9 Å². The molecule has 2 amide bonds. The van der Waals surface area contributed by atoms with E-state index < -0.39 is 10.0 Å². The van der Waals surface area contributed by atoms with Gasteiger partial charge in [0.25, 0.3) is 0 Å². The molecule has 10 nitrogen and oxygen atoms in total. The largest absolute Gasteiger partial charge is 0.378 e. The number of hydrogen-bond acceptors (Lipinski definition) is 7. The molecule has 0 saturated carbocycles. The second kappa shape index (κ2) is 8.31. The minimum Gasteiger partial charge on any atom is -0.378 e. The minimum atomic E-state index is -3.14. The van der Waals surface area contributed by atoms with Crippen LogP contribution in [-0.4, -0.2) is 86.0 Å². The molecule has 1 N–H and O–H groups in total. The van der Waals surface area contributed by atoms with Crippen LogP contribution in [-0.2, 0) is 21.2 Å². The van der Waals surface area contributed by atoms with Gasteiger partial charge < -0.3 is 19.5 Å². The number of rotatable bonds is 5. The number of ether oxygens (including phenoxy) is 1. The van der Waals surface area contributed by atoms with Crippen LogP contribution in [0.2, 0.25) is 0 Å². The van der Waals surface area contributed by atoms with Crippen LogP contribution in [0.1, 0.15) is 30.5 Å². The van der Waals surface area contributed by atoms with E-state index in [-0.39, 0.29) is 11.9 Å². The summed E-state index contributed by atoms with van der Waals surface area (Å²) in [5.41, 5.74) is 0. The first-order valence-electron chi connectivity index (χ1n) is 8.81. The Morgan fingerprint density at radius 3 is 2.58 bits per heavy atom. The lowest BCUT2D eigenvalue weighted by Gasteiger charge is -2.28. The summed E-state index contributed by atoms with van der Waals surface area (Å²) in [5.74, 6) is 1.20. The average molecular weight is 387 g/mol. The maximum Gasteiger partial charge on any atom is 0.317 e. The van der Waals surface area contributed by atoms with Crippen molar-refractivity contribution in [3.05, 3.63) is 11.7 Å². The van der Waals surface area contributed by atoms with Crippen LogP contribution < -0.4 is 5.32 Å². The lowest BCUT2D eigenvalue weighted by molar-refractivity contribution is 0.0532. The number of piperidine rings is 1. The molecule has 0 atom stereocenters. The van der Waals surface area contributed by atoms with Crippen LogP contribution in [0.4, 0.5) is 4.79 Å². The summed E-state index contributed by atoms with van der Waals surface area (Å²) >= 11 is 0. The molecule has 2 aliphatic heterocycles. The van der Waals surface area contributed by atoms with Crippen LogP contribution in [0.25, 0.3) is 0 Å². The summed E-state index contributed by atoms with van der Waals surface area (Å²) < 4.78 is 35.1. The summed E-state index contributed by atoms with van der Waals surface area (Å²) in [6, 6.07) is -0.110. The summed E-state index contributed by atoms with van der Waals surface area (Å²) in [7, 11) is -3.14. The fourth-order valence-corrected chi connectivity index (χ4v) is 4.01. The Balaban J connectivity index is 1.43. The number of carbonyl (C=O) groups excluding carboxylic acids is 1. The first-order chi connectivity index (χ1) is 12.4. The van der Waals surface area contributed by atoms with Crippen LogP contribution in [0.5, 0.6) is 0 Å². The highest BCUT2D eigenvalue weighted by Gasteiger charge is 2.28. The molecule has 0 aromatic carbocycles. The smallest absolute Gasteiger partial charge is 0.317 e. The van der Waals surface area contributed by atoms with Crippen molar-refractivity contribution in [2.75, 3.05) is 52.2 Å². The van der Waals surface area contributed by atoms with E-state index in [1.807, 2.05) is 0 Å². The number of nitrogens with one attached hydrogen (secondary N) is 1. The van der Waals surface area contributed by atoms with Gasteiger partial charge in [-0.05, 0) is 12.8 Å². The van der Waals surface area contributed by atoms with Crippen molar-refractivity contribution in [3.8, 4) is 0 Å². The normalized spacial score (nSPS) is 20.3. The highest BCUT2D eigenvalue weighted by atomic mass is 32.2. The van der Waals surface area contributed by atoms with E-state index in [0.717, 1.165) is 0 Å². The Bertz CT molecular complexity index is 708. The molecule has 0 spiro atoms. The van der Waals surface area contributed by atoms with Crippen LogP contribution in [0.3, 0.4) is 0 Å². The summed E-state index contributed by atoms with van der Waals surface area (Å²) in [4.78, 5) is 18.1. The van der Waals surface area contributed by atoms with Gasteiger partial charge in [-0.25, -0.2) is 17.5 Å². The highest BCUT2D eigenvalue weighted by Crippen LogP contribution is 2.26. The predicted octanol–water partition coefficient (Wildman–Crippen LogP) is -0.207. The molecule has 0 aliphatic carbocycles. The van der Waals surface area contributed by atoms with Gasteiger partial charge in [-0.2, -0.15) is 4.98 Å². The molecular formula is C15H25N5O5S. The molecule has 1 aromatic rings. The molecule has 0 radical (unpaired) electrons. The third-order valence-electron chi connectivity index (χ3n) is 4.69. The third-order valence-corrected chi connectivity index (χ3v) is 5.99. The average Bonchev–Trinajstić information content (AvgIpc) is 3.11. The first kappa shape index (κ1) is 19.1. The number of sulfonamides is 1. The van der Waals surface area contributed by atoms with E-state index >= 15 is 0 Å². The Hall–Kier alpha value is -1.72. The van der Waals surface area contributed by atoms with E-state index in [4.69, 9.17) is 9.26 Å². The maximum absolute atomic E-state index is 12.0. The monoisotopic (exact) mass is 387 g/mol. The Labute approximate surface area is 152 Å². The number of urea groups is 1. The number of aromatic nitrogens is 2. The molecule has 1 aromatic heterocycles. The number of hydrogen-bond donors (Lipinski definition) is 1. The van der Waals surface area contributed by atoms with Crippen molar-refractivity contribution in [1.82, 2.24) is 24.7 Å². The number of carbonyl (C=O) groups is 1. The van der Waals surface area contributed by atoms with Gasteiger partial charge in [0, 0.05) is 45.1 Å². The van der Waals surface area contributed by atoms with Gasteiger partial charge in [0.15, 0.2) is 5.82 Å². The van der Waals surface area contributed by atoms with Crippen LogP contribution in [0, 0.1) is 0 Å². The topological polar surface area (TPSA) is 118 Å². The van der Waals surface area contributed by atoms with Gasteiger partial charge in [-0.15, -0.1) is 0 Å². The van der Waals surface area contributed by atoms with Crippen molar-refractivity contribution >= 4 is 16.1 Å². The van der Waals surface area contributed by atoms with Crippen LogP contribution >= 0.6 is 0 Å². The van der Waals surface area contributed by atoms with E-state index in [9.17, 15) is 13.2 Å². The van der Waals surface area contributed by atoms with Gasteiger partial charge in [-0.3, -0.25) is 0 Å². The Morgan fingerprint density at radius 2 is 1.92 bits per heavy atom. The molecule has 3 rings (SSSR count). The zero-order valence-electron chi connectivity index (χ0n) is 14.9. The van der Waals surface area contributed by atoms with Gasteiger partial charge >= 0.3 is 6.03 Å². The number of morpholine rings is 1. The highest BCUT2D eigenvalue weighted by molar-refractivity contribution is 7.88. The summed E-state index contributed by atoms with van der Waals surface area (Å²) in [5, 5.41) is 6.86. The molecule has 2 saturated heterocycles. The number of nitrogens with zero attached hydrogens (tertiary/aromatic N) is 4. The fourth-order valence-electron chi connectivity index (χ4n) is 3.14. The van der Waals surface area contributed by atoms with Crippen molar-refractivity contribution in [2.45, 2.75) is 25.2 Å². The van der Waals surface area contributed by atoms with Gasteiger partial charge in [0.05, 0.1) is 19.5 Å². The van der Waals surface area contributed by atoms with E-state index in [1.165, 1.54) is 10.6 Å². The molecule has 0 unspecified atom stereocenters. The zero-order chi connectivity index (χ0) is 18.6. The number of amides is 2. The summed E-state index contributed by atoms with van der Waals surface area (Å²) in [6.45, 7) is 3.71.